The van der Waals surface area contributed by atoms with Crippen molar-refractivity contribution in [2.45, 2.75) is 6.92 Å². The van der Waals surface area contributed by atoms with Crippen LogP contribution in [0, 0.1) is 29.1 Å². The lowest BCUT2D eigenvalue weighted by Gasteiger charge is -2.04. The zero-order chi connectivity index (χ0) is 13.9. The van der Waals surface area contributed by atoms with Crippen LogP contribution in [0.1, 0.15) is 12.5 Å². The monoisotopic (exact) mass is 266 g/mol. The van der Waals surface area contributed by atoms with E-state index in [1.165, 1.54) is 6.92 Å². The van der Waals surface area contributed by atoms with Gasteiger partial charge in [0.2, 0.25) is 5.82 Å². The van der Waals surface area contributed by atoms with Crippen molar-refractivity contribution in [3.8, 4) is 0 Å². The predicted octanol–water partition coefficient (Wildman–Crippen LogP) is 2.96. The van der Waals surface area contributed by atoms with Crippen LogP contribution in [0.15, 0.2) is 6.08 Å². The molecule has 0 saturated carbocycles. The first-order valence-corrected chi connectivity index (χ1v) is 4.76. The normalized spacial score (nSPS) is 11.0. The average molecular weight is 266 g/mol. The molecule has 0 fully saturated rings. The summed E-state index contributed by atoms with van der Waals surface area (Å²) in [5.41, 5.74) is -1.19. The summed E-state index contributed by atoms with van der Waals surface area (Å²) in [6.45, 7) is 1.50. The van der Waals surface area contributed by atoms with Gasteiger partial charge in [-0.1, -0.05) is 0 Å². The molecular weight excluding hydrogens is 259 g/mol. The topological polar surface area (TPSA) is 26.3 Å². The molecule has 7 heteroatoms. The quantitative estimate of drug-likeness (QED) is 0.276. The minimum atomic E-state index is -2.25. The second-order valence-electron chi connectivity index (χ2n) is 3.07. The number of ether oxygens (including phenoxy) is 1. The third-order valence-corrected chi connectivity index (χ3v) is 1.92. The van der Waals surface area contributed by atoms with Gasteiger partial charge in [-0.15, -0.1) is 0 Å². The van der Waals surface area contributed by atoms with E-state index in [9.17, 15) is 26.7 Å². The number of hydrogen-bond donors (Lipinski definition) is 0. The highest BCUT2D eigenvalue weighted by Crippen LogP contribution is 2.23. The van der Waals surface area contributed by atoms with E-state index >= 15 is 0 Å². The Labute approximate surface area is 98.7 Å². The second-order valence-corrected chi connectivity index (χ2v) is 3.07. The van der Waals surface area contributed by atoms with Gasteiger partial charge in [0.1, 0.15) is 0 Å². The molecule has 0 spiro atoms. The van der Waals surface area contributed by atoms with Crippen LogP contribution in [0.5, 0.6) is 0 Å². The smallest absolute Gasteiger partial charge is 0.330 e. The Bertz CT molecular complexity index is 482. The fraction of sp³-hybridized carbons (Fsp3) is 0.182. The first-order chi connectivity index (χ1) is 8.40. The van der Waals surface area contributed by atoms with E-state index in [2.05, 4.69) is 4.74 Å². The number of carbonyl (C=O) groups excluding carboxylic acids is 1. The molecule has 1 aromatic carbocycles. The van der Waals surface area contributed by atoms with E-state index in [0.29, 0.717) is 12.2 Å². The van der Waals surface area contributed by atoms with Crippen molar-refractivity contribution in [2.24, 2.45) is 0 Å². The Morgan fingerprint density at radius 3 is 1.89 bits per heavy atom. The Balaban J connectivity index is 3.22. The molecule has 98 valence electrons. The number of rotatable bonds is 3. The van der Waals surface area contributed by atoms with Gasteiger partial charge in [0.15, 0.2) is 23.3 Å². The third kappa shape index (κ3) is 2.66. The summed E-state index contributed by atoms with van der Waals surface area (Å²) in [6.07, 6.45) is 1.04. The van der Waals surface area contributed by atoms with Crippen LogP contribution in [0.4, 0.5) is 22.0 Å². The van der Waals surface area contributed by atoms with E-state index in [1.54, 1.807) is 0 Å². The van der Waals surface area contributed by atoms with Gasteiger partial charge in [-0.25, -0.2) is 26.7 Å². The Kier molecular flexibility index (Phi) is 4.41. The molecule has 0 unspecified atom stereocenters. The lowest BCUT2D eigenvalue weighted by molar-refractivity contribution is -0.137. The summed E-state index contributed by atoms with van der Waals surface area (Å²) in [6, 6.07) is 0. The highest BCUT2D eigenvalue weighted by molar-refractivity contribution is 5.87. The van der Waals surface area contributed by atoms with E-state index in [0.717, 1.165) is 0 Å². The number of esters is 1. The fourth-order valence-electron chi connectivity index (χ4n) is 1.11. The SMILES string of the molecule is CCOC(=O)/C=C\c1c(F)c(F)c(F)c(F)c1F. The van der Waals surface area contributed by atoms with Crippen LogP contribution in [-0.2, 0) is 9.53 Å². The lowest BCUT2D eigenvalue weighted by Crippen LogP contribution is -2.05. The summed E-state index contributed by atoms with van der Waals surface area (Å²) in [4.78, 5) is 10.9. The zero-order valence-corrected chi connectivity index (χ0v) is 9.07. The first-order valence-electron chi connectivity index (χ1n) is 4.76. The Morgan fingerprint density at radius 1 is 1.00 bits per heavy atom. The molecule has 0 N–H and O–H groups in total. The third-order valence-electron chi connectivity index (χ3n) is 1.92. The highest BCUT2D eigenvalue weighted by atomic mass is 19.2. The minimum absolute atomic E-state index is 0.0142. The maximum absolute atomic E-state index is 13.1. The van der Waals surface area contributed by atoms with Crippen molar-refractivity contribution < 1.29 is 31.5 Å². The van der Waals surface area contributed by atoms with Crippen LogP contribution < -0.4 is 0 Å². The van der Waals surface area contributed by atoms with Crippen molar-refractivity contribution in [1.82, 2.24) is 0 Å². The van der Waals surface area contributed by atoms with E-state index in [-0.39, 0.29) is 6.61 Å². The molecule has 0 amide bonds. The molecular formula is C11H7F5O2. The van der Waals surface area contributed by atoms with Crippen molar-refractivity contribution in [2.75, 3.05) is 6.61 Å². The van der Waals surface area contributed by atoms with E-state index < -0.39 is 40.6 Å². The lowest BCUT2D eigenvalue weighted by atomic mass is 10.1. The number of carbonyl (C=O) groups is 1. The molecule has 0 aromatic heterocycles. The highest BCUT2D eigenvalue weighted by Gasteiger charge is 2.24. The minimum Gasteiger partial charge on any atom is -0.463 e. The van der Waals surface area contributed by atoms with Crippen molar-refractivity contribution >= 4 is 12.0 Å². The maximum Gasteiger partial charge on any atom is 0.330 e. The van der Waals surface area contributed by atoms with Gasteiger partial charge < -0.3 is 4.74 Å². The Hall–Kier alpha value is -1.92. The van der Waals surface area contributed by atoms with Crippen LogP contribution in [0.25, 0.3) is 6.08 Å². The predicted molar refractivity (Wildman–Crippen MR) is 51.9 cm³/mol. The maximum atomic E-state index is 13.1. The molecule has 0 aliphatic rings. The fourth-order valence-corrected chi connectivity index (χ4v) is 1.11. The molecule has 1 aromatic rings. The molecule has 0 aliphatic carbocycles. The van der Waals surface area contributed by atoms with Gasteiger partial charge in [0.05, 0.1) is 12.2 Å². The van der Waals surface area contributed by atoms with Crippen molar-refractivity contribution in [3.63, 3.8) is 0 Å². The second kappa shape index (κ2) is 5.61. The number of hydrogen-bond acceptors (Lipinski definition) is 2. The van der Waals surface area contributed by atoms with E-state index in [4.69, 9.17) is 0 Å². The van der Waals surface area contributed by atoms with Gasteiger partial charge in [0, 0.05) is 6.08 Å². The molecule has 0 bridgehead atoms. The van der Waals surface area contributed by atoms with Crippen LogP contribution >= 0.6 is 0 Å². The molecule has 1 rings (SSSR count). The summed E-state index contributed by atoms with van der Waals surface area (Å²) in [5.74, 6) is -11.4. The molecule has 0 saturated heterocycles. The van der Waals surface area contributed by atoms with Gasteiger partial charge in [-0.2, -0.15) is 0 Å². The van der Waals surface area contributed by atoms with Crippen LogP contribution in [0.2, 0.25) is 0 Å². The zero-order valence-electron chi connectivity index (χ0n) is 9.07. The molecule has 0 heterocycles. The van der Waals surface area contributed by atoms with Gasteiger partial charge in [0.25, 0.3) is 0 Å². The van der Waals surface area contributed by atoms with Crippen LogP contribution in [0.3, 0.4) is 0 Å². The standard InChI is InChI=1S/C11H7F5O2/c1-2-18-6(17)4-3-5-7(12)9(14)11(16)10(15)8(5)13/h3-4H,2H2,1H3/b4-3-. The van der Waals surface area contributed by atoms with Gasteiger partial charge >= 0.3 is 5.97 Å². The average Bonchev–Trinajstić information content (AvgIpc) is 2.34. The summed E-state index contributed by atoms with van der Waals surface area (Å²) < 4.78 is 68.8. The summed E-state index contributed by atoms with van der Waals surface area (Å²) in [5, 5.41) is 0. The number of halogens is 5. The van der Waals surface area contributed by atoms with Crippen molar-refractivity contribution in [1.29, 1.82) is 0 Å². The van der Waals surface area contributed by atoms with Crippen LogP contribution in [-0.4, -0.2) is 12.6 Å². The molecule has 0 radical (unpaired) electrons. The summed E-state index contributed by atoms with van der Waals surface area (Å²) >= 11 is 0. The summed E-state index contributed by atoms with van der Waals surface area (Å²) in [7, 11) is 0. The first kappa shape index (κ1) is 14.1. The molecule has 2 nitrogen and oxygen atoms in total. The number of benzene rings is 1. The van der Waals surface area contributed by atoms with Gasteiger partial charge in [-0.3, -0.25) is 0 Å². The Morgan fingerprint density at radius 2 is 1.44 bits per heavy atom. The van der Waals surface area contributed by atoms with Crippen molar-refractivity contribution in [3.05, 3.63) is 40.7 Å². The largest absolute Gasteiger partial charge is 0.463 e. The molecule has 18 heavy (non-hydrogen) atoms. The van der Waals surface area contributed by atoms with Gasteiger partial charge in [-0.05, 0) is 13.0 Å². The van der Waals surface area contributed by atoms with E-state index in [1.807, 2.05) is 0 Å². The molecule has 0 atom stereocenters. The molecule has 0 aliphatic heterocycles.